The first kappa shape index (κ1) is 10.9. The summed E-state index contributed by atoms with van der Waals surface area (Å²) in [6.07, 6.45) is 0. The van der Waals surface area contributed by atoms with E-state index in [9.17, 15) is 4.39 Å². The van der Waals surface area contributed by atoms with Gasteiger partial charge in [0.05, 0.1) is 0 Å². The Kier molecular flexibility index (Phi) is 3.09. The molecule has 2 aromatic rings. The molecule has 0 aliphatic carbocycles. The molecule has 1 atom stereocenters. The smallest absolute Gasteiger partial charge is 0.216 e. The maximum absolute atomic E-state index is 12.7. The number of thioether (sulfide) groups is 1. The fraction of sp³-hybridized carbons (Fsp3) is 0.200. The van der Waals surface area contributed by atoms with Crippen molar-refractivity contribution in [1.82, 2.24) is 15.2 Å². The molecule has 0 fully saturated rings. The number of hydrogen-bond donors (Lipinski definition) is 2. The van der Waals surface area contributed by atoms with Crippen molar-refractivity contribution in [2.45, 2.75) is 17.3 Å². The van der Waals surface area contributed by atoms with Gasteiger partial charge in [-0.15, -0.1) is 5.10 Å². The molecule has 0 saturated carbocycles. The van der Waals surface area contributed by atoms with Gasteiger partial charge in [-0.05, 0) is 24.6 Å². The highest BCUT2D eigenvalue weighted by Crippen LogP contribution is 2.32. The van der Waals surface area contributed by atoms with Crippen molar-refractivity contribution in [2.24, 2.45) is 0 Å². The Morgan fingerprint density at radius 1 is 1.38 bits per heavy atom. The van der Waals surface area contributed by atoms with Crippen molar-refractivity contribution in [3.63, 3.8) is 0 Å². The van der Waals surface area contributed by atoms with Crippen molar-refractivity contribution in [2.75, 3.05) is 5.73 Å². The summed E-state index contributed by atoms with van der Waals surface area (Å²) in [5.74, 6) is 0.0666. The Morgan fingerprint density at radius 2 is 2.06 bits per heavy atom. The van der Waals surface area contributed by atoms with E-state index in [0.717, 1.165) is 5.56 Å². The van der Waals surface area contributed by atoms with Crippen molar-refractivity contribution < 1.29 is 4.39 Å². The van der Waals surface area contributed by atoms with Crippen LogP contribution in [-0.4, -0.2) is 15.2 Å². The van der Waals surface area contributed by atoms with Gasteiger partial charge >= 0.3 is 0 Å². The summed E-state index contributed by atoms with van der Waals surface area (Å²) < 4.78 is 12.7. The van der Waals surface area contributed by atoms with Gasteiger partial charge < -0.3 is 5.73 Å². The molecule has 1 heterocycles. The van der Waals surface area contributed by atoms with E-state index in [0.29, 0.717) is 11.1 Å². The van der Waals surface area contributed by atoms with Gasteiger partial charge in [-0.1, -0.05) is 23.9 Å². The Labute approximate surface area is 96.5 Å². The highest BCUT2D eigenvalue weighted by atomic mass is 32.2. The molecule has 6 heteroatoms. The zero-order valence-corrected chi connectivity index (χ0v) is 9.46. The maximum Gasteiger partial charge on any atom is 0.216 e. The second kappa shape index (κ2) is 4.52. The Morgan fingerprint density at radius 3 is 2.62 bits per heavy atom. The predicted molar refractivity (Wildman–Crippen MR) is 61.5 cm³/mol. The summed E-state index contributed by atoms with van der Waals surface area (Å²) in [7, 11) is 0. The lowest BCUT2D eigenvalue weighted by Crippen LogP contribution is -1.90. The molecule has 0 aliphatic heterocycles. The van der Waals surface area contributed by atoms with Gasteiger partial charge in [-0.3, -0.25) is 0 Å². The molecular formula is C10H11FN4S. The van der Waals surface area contributed by atoms with Crippen LogP contribution in [0.1, 0.15) is 17.7 Å². The van der Waals surface area contributed by atoms with Crippen LogP contribution in [0.2, 0.25) is 0 Å². The van der Waals surface area contributed by atoms with E-state index in [-0.39, 0.29) is 11.1 Å². The van der Waals surface area contributed by atoms with E-state index >= 15 is 0 Å². The lowest BCUT2D eigenvalue weighted by Gasteiger charge is -2.08. The minimum absolute atomic E-state index is 0.149. The second-order valence-corrected chi connectivity index (χ2v) is 4.62. The lowest BCUT2D eigenvalue weighted by atomic mass is 10.2. The van der Waals surface area contributed by atoms with E-state index < -0.39 is 0 Å². The quantitative estimate of drug-likeness (QED) is 0.806. The van der Waals surface area contributed by atoms with Crippen LogP contribution in [0, 0.1) is 5.82 Å². The number of anilines is 1. The van der Waals surface area contributed by atoms with Gasteiger partial charge in [0.25, 0.3) is 0 Å². The number of nitrogens with zero attached hydrogens (tertiary/aromatic N) is 2. The van der Waals surface area contributed by atoms with Crippen molar-refractivity contribution >= 4 is 17.7 Å². The summed E-state index contributed by atoms with van der Waals surface area (Å²) >= 11 is 1.47. The monoisotopic (exact) mass is 238 g/mol. The van der Waals surface area contributed by atoms with Crippen LogP contribution < -0.4 is 5.73 Å². The van der Waals surface area contributed by atoms with Crippen LogP contribution in [0.25, 0.3) is 0 Å². The second-order valence-electron chi connectivity index (χ2n) is 3.31. The minimum Gasteiger partial charge on any atom is -0.368 e. The summed E-state index contributed by atoms with van der Waals surface area (Å²) in [4.78, 5) is 3.99. The van der Waals surface area contributed by atoms with Crippen LogP contribution in [0.4, 0.5) is 10.3 Å². The molecule has 0 bridgehead atoms. The Hall–Kier alpha value is -1.56. The molecular weight excluding hydrogens is 227 g/mol. The summed E-state index contributed by atoms with van der Waals surface area (Å²) in [5.41, 5.74) is 6.44. The molecule has 84 valence electrons. The molecule has 3 N–H and O–H groups in total. The number of rotatable bonds is 3. The number of halogens is 1. The largest absolute Gasteiger partial charge is 0.368 e. The number of benzene rings is 1. The van der Waals surface area contributed by atoms with Gasteiger partial charge in [0.15, 0.2) is 0 Å². The molecule has 0 unspecified atom stereocenters. The van der Waals surface area contributed by atoms with Gasteiger partial charge in [0, 0.05) is 5.25 Å². The van der Waals surface area contributed by atoms with Gasteiger partial charge in [-0.2, -0.15) is 4.98 Å². The highest BCUT2D eigenvalue weighted by molar-refractivity contribution is 7.99. The number of H-pyrrole nitrogens is 1. The Bertz CT molecular complexity index is 468. The van der Waals surface area contributed by atoms with E-state index in [1.807, 2.05) is 6.92 Å². The molecule has 1 aromatic carbocycles. The van der Waals surface area contributed by atoms with E-state index in [1.54, 1.807) is 12.1 Å². The van der Waals surface area contributed by atoms with Gasteiger partial charge in [0.1, 0.15) is 5.82 Å². The fourth-order valence-electron chi connectivity index (χ4n) is 1.27. The van der Waals surface area contributed by atoms with Crippen LogP contribution in [0.5, 0.6) is 0 Å². The predicted octanol–water partition coefficient (Wildman–Crippen LogP) is 2.38. The topological polar surface area (TPSA) is 67.6 Å². The lowest BCUT2D eigenvalue weighted by molar-refractivity contribution is 0.627. The third-order valence-electron chi connectivity index (χ3n) is 2.10. The molecule has 2 rings (SSSR count). The molecule has 0 amide bonds. The fourth-order valence-corrected chi connectivity index (χ4v) is 2.13. The van der Waals surface area contributed by atoms with Gasteiger partial charge in [-0.25, -0.2) is 9.49 Å². The number of aromatic amines is 1. The average Bonchev–Trinajstić information content (AvgIpc) is 2.65. The van der Waals surface area contributed by atoms with E-state index in [4.69, 9.17) is 5.73 Å². The number of aromatic nitrogens is 3. The average molecular weight is 238 g/mol. The first-order chi connectivity index (χ1) is 7.65. The third kappa shape index (κ3) is 2.52. The summed E-state index contributed by atoms with van der Waals surface area (Å²) in [6.45, 7) is 2.00. The molecule has 16 heavy (non-hydrogen) atoms. The molecule has 0 radical (unpaired) electrons. The van der Waals surface area contributed by atoms with E-state index in [2.05, 4.69) is 15.2 Å². The van der Waals surface area contributed by atoms with Gasteiger partial charge in [0.2, 0.25) is 11.1 Å². The van der Waals surface area contributed by atoms with Crippen molar-refractivity contribution in [3.05, 3.63) is 35.6 Å². The Balaban J connectivity index is 2.08. The molecule has 0 saturated heterocycles. The SMILES string of the molecule is C[C@@H](Sc1n[nH]c(N)n1)c1ccc(F)cc1. The number of nitrogen functional groups attached to an aromatic ring is 1. The maximum atomic E-state index is 12.7. The zero-order chi connectivity index (χ0) is 11.5. The standard InChI is InChI=1S/C10H11FN4S/c1-6(7-2-4-8(11)5-3-7)16-10-13-9(12)14-15-10/h2-6H,1H3,(H3,12,13,14,15)/t6-/m1/s1. The highest BCUT2D eigenvalue weighted by Gasteiger charge is 2.10. The third-order valence-corrected chi connectivity index (χ3v) is 3.12. The van der Waals surface area contributed by atoms with Crippen LogP contribution >= 0.6 is 11.8 Å². The van der Waals surface area contributed by atoms with Crippen LogP contribution in [-0.2, 0) is 0 Å². The minimum atomic E-state index is -0.233. The first-order valence-electron chi connectivity index (χ1n) is 4.75. The molecule has 0 aliphatic rings. The molecule has 4 nitrogen and oxygen atoms in total. The normalized spacial score (nSPS) is 12.6. The number of nitrogens with one attached hydrogen (secondary N) is 1. The van der Waals surface area contributed by atoms with Crippen LogP contribution in [0.15, 0.2) is 29.4 Å². The molecule has 0 spiro atoms. The van der Waals surface area contributed by atoms with Crippen LogP contribution in [0.3, 0.4) is 0 Å². The number of hydrogen-bond acceptors (Lipinski definition) is 4. The molecule has 1 aromatic heterocycles. The summed E-state index contributed by atoms with van der Waals surface area (Å²) in [5, 5.41) is 7.24. The number of nitrogens with two attached hydrogens (primary N) is 1. The zero-order valence-electron chi connectivity index (χ0n) is 8.64. The first-order valence-corrected chi connectivity index (χ1v) is 5.63. The van der Waals surface area contributed by atoms with Crippen molar-refractivity contribution in [1.29, 1.82) is 0 Å². The van der Waals surface area contributed by atoms with Crippen molar-refractivity contribution in [3.8, 4) is 0 Å². The van der Waals surface area contributed by atoms with E-state index in [1.165, 1.54) is 23.9 Å². The summed E-state index contributed by atoms with van der Waals surface area (Å²) in [6, 6.07) is 6.39.